The minimum atomic E-state index is -1.14. The van der Waals surface area contributed by atoms with Crippen molar-refractivity contribution in [1.29, 1.82) is 0 Å². The molecule has 152 valence electrons. The lowest BCUT2D eigenvalue weighted by Gasteiger charge is -2.32. The van der Waals surface area contributed by atoms with Crippen molar-refractivity contribution in [2.75, 3.05) is 5.88 Å². The number of carboxylic acid groups (broad SMARTS) is 1. The number of fused-ring (bicyclic) bond motifs is 1. The predicted octanol–water partition coefficient (Wildman–Crippen LogP) is 6.61. The lowest BCUT2D eigenvalue weighted by molar-refractivity contribution is -0.145. The third kappa shape index (κ3) is 4.91. The first-order valence-electron chi connectivity index (χ1n) is 10.3. The highest BCUT2D eigenvalue weighted by atomic mass is 35.5. The molecule has 4 heteroatoms. The molecule has 0 amide bonds. The first-order valence-corrected chi connectivity index (χ1v) is 10.8. The zero-order valence-corrected chi connectivity index (χ0v) is 17.4. The summed E-state index contributed by atoms with van der Waals surface area (Å²) in [6, 6.07) is 17.3. The molecule has 3 nitrogen and oxygen atoms in total. The average Bonchev–Trinajstić information content (AvgIpc) is 3.21. The molecule has 29 heavy (non-hydrogen) atoms. The molecule has 0 saturated carbocycles. The summed E-state index contributed by atoms with van der Waals surface area (Å²) in [7, 11) is 0. The van der Waals surface area contributed by atoms with E-state index in [4.69, 9.17) is 11.6 Å². The zero-order chi connectivity index (χ0) is 20.5. The van der Waals surface area contributed by atoms with Crippen molar-refractivity contribution < 1.29 is 9.90 Å². The van der Waals surface area contributed by atoms with Crippen molar-refractivity contribution in [2.24, 2.45) is 0 Å². The molecule has 2 aromatic carbocycles. The van der Waals surface area contributed by atoms with Crippen LogP contribution in [0.5, 0.6) is 0 Å². The number of hydrogen-bond acceptors (Lipinski definition) is 1. The Kier molecular flexibility index (Phi) is 7.54. The van der Waals surface area contributed by atoms with Crippen LogP contribution in [-0.4, -0.2) is 21.5 Å². The molecule has 1 unspecified atom stereocenters. The van der Waals surface area contributed by atoms with Crippen LogP contribution in [0.15, 0.2) is 79.1 Å². The van der Waals surface area contributed by atoms with E-state index in [2.05, 4.69) is 12.2 Å². The van der Waals surface area contributed by atoms with E-state index in [0.29, 0.717) is 18.7 Å². The van der Waals surface area contributed by atoms with Gasteiger partial charge in [0, 0.05) is 18.3 Å². The van der Waals surface area contributed by atoms with E-state index < -0.39 is 11.5 Å². The first kappa shape index (κ1) is 21.2. The molecule has 1 aliphatic carbocycles. The second-order valence-corrected chi connectivity index (χ2v) is 7.75. The van der Waals surface area contributed by atoms with E-state index in [1.807, 2.05) is 71.6 Å². The van der Waals surface area contributed by atoms with Gasteiger partial charge in [-0.3, -0.25) is 0 Å². The lowest BCUT2D eigenvalue weighted by Crippen LogP contribution is -2.42. The van der Waals surface area contributed by atoms with E-state index in [9.17, 15) is 9.90 Å². The van der Waals surface area contributed by atoms with Crippen molar-refractivity contribution in [1.82, 2.24) is 4.57 Å². The van der Waals surface area contributed by atoms with Crippen LogP contribution in [0.4, 0.5) is 0 Å². The van der Waals surface area contributed by atoms with Crippen molar-refractivity contribution in [3.63, 3.8) is 0 Å². The van der Waals surface area contributed by atoms with Crippen LogP contribution >= 0.6 is 11.6 Å². The van der Waals surface area contributed by atoms with Gasteiger partial charge in [-0.2, -0.15) is 0 Å². The summed E-state index contributed by atoms with van der Waals surface area (Å²) >= 11 is 5.86. The maximum Gasteiger partial charge on any atom is 0.334 e. The second-order valence-electron chi connectivity index (χ2n) is 7.37. The Morgan fingerprint density at radius 2 is 1.48 bits per heavy atom. The molecule has 0 bridgehead atoms. The average molecular weight is 410 g/mol. The van der Waals surface area contributed by atoms with Crippen molar-refractivity contribution in [3.8, 4) is 0 Å². The largest absolute Gasteiger partial charge is 0.479 e. The number of alkyl halides is 1. The number of halogens is 1. The smallest absolute Gasteiger partial charge is 0.334 e. The summed E-state index contributed by atoms with van der Waals surface area (Å²) in [5.74, 6) is -0.433. The highest BCUT2D eigenvalue weighted by Crippen LogP contribution is 2.34. The van der Waals surface area contributed by atoms with E-state index in [1.54, 1.807) is 0 Å². The molecule has 1 aromatic heterocycles. The zero-order valence-electron chi connectivity index (χ0n) is 16.6. The van der Waals surface area contributed by atoms with Crippen LogP contribution in [0.3, 0.4) is 0 Å². The third-order valence-electron chi connectivity index (χ3n) is 5.43. The number of hydrogen-bond donors (Lipinski definition) is 1. The minimum absolute atomic E-state index is 0.433. The molecule has 1 N–H and O–H groups in total. The van der Waals surface area contributed by atoms with E-state index in [-0.39, 0.29) is 0 Å². The number of benzene rings is 2. The monoisotopic (exact) mass is 409 g/mol. The molecule has 0 aliphatic heterocycles. The number of aliphatic carboxylic acids is 1. The topological polar surface area (TPSA) is 42.2 Å². The van der Waals surface area contributed by atoms with Gasteiger partial charge in [0.1, 0.15) is 0 Å². The van der Waals surface area contributed by atoms with Crippen LogP contribution in [0.25, 0.3) is 10.8 Å². The van der Waals surface area contributed by atoms with Crippen molar-refractivity contribution in [3.05, 3.63) is 84.7 Å². The van der Waals surface area contributed by atoms with E-state index >= 15 is 0 Å². The standard InChI is InChI=1S/C19H18ClNO2.C6H10/c20-12-6-11-19(18(22)23,17-9-2-1-3-10-17)21-13-15-7-4-5-8-16(15)14-21;1-2-4-6-5-3-1/h1-5,7-10,13-14H,6,11-12H2,(H,22,23);1-2H,3-6H2. The summed E-state index contributed by atoms with van der Waals surface area (Å²) < 4.78 is 1.82. The molecule has 1 atom stereocenters. The summed E-state index contributed by atoms with van der Waals surface area (Å²) in [6.07, 6.45) is 14.9. The normalized spacial score (nSPS) is 15.3. The van der Waals surface area contributed by atoms with Gasteiger partial charge in [0.05, 0.1) is 0 Å². The van der Waals surface area contributed by atoms with Crippen LogP contribution in [0.1, 0.15) is 44.1 Å². The van der Waals surface area contributed by atoms with Crippen molar-refractivity contribution >= 4 is 28.3 Å². The van der Waals surface area contributed by atoms with Gasteiger partial charge in [0.2, 0.25) is 0 Å². The Labute approximate surface area is 177 Å². The molecule has 1 heterocycles. The Balaban J connectivity index is 0.000000343. The molecular formula is C25H28ClNO2. The van der Waals surface area contributed by atoms with Gasteiger partial charge in [0.15, 0.2) is 5.54 Å². The summed E-state index contributed by atoms with van der Waals surface area (Å²) in [6.45, 7) is 0. The van der Waals surface area contributed by atoms with Crippen LogP contribution in [0.2, 0.25) is 0 Å². The van der Waals surface area contributed by atoms with Crippen LogP contribution in [-0.2, 0) is 10.3 Å². The quantitative estimate of drug-likeness (QED) is 0.368. The maximum atomic E-state index is 12.3. The fourth-order valence-corrected chi connectivity index (χ4v) is 4.00. The molecule has 0 saturated heterocycles. The summed E-state index contributed by atoms with van der Waals surface area (Å²) in [5.41, 5.74) is -0.382. The molecule has 4 rings (SSSR count). The minimum Gasteiger partial charge on any atom is -0.479 e. The first-order chi connectivity index (χ1) is 14.2. The third-order valence-corrected chi connectivity index (χ3v) is 5.70. The number of rotatable bonds is 6. The number of aromatic nitrogens is 1. The van der Waals surface area contributed by atoms with E-state index in [1.165, 1.54) is 25.7 Å². The number of carboxylic acids is 1. The molecular weight excluding hydrogens is 382 g/mol. The molecule has 3 aromatic rings. The molecule has 0 fully saturated rings. The molecule has 0 radical (unpaired) electrons. The fraction of sp³-hybridized carbons (Fsp3) is 0.320. The Bertz CT molecular complexity index is 907. The summed E-state index contributed by atoms with van der Waals surface area (Å²) in [4.78, 5) is 12.3. The molecule has 0 spiro atoms. The number of carbonyl (C=O) groups is 1. The van der Waals surface area contributed by atoms with Gasteiger partial charge in [-0.25, -0.2) is 4.79 Å². The number of allylic oxidation sites excluding steroid dienone is 2. The van der Waals surface area contributed by atoms with Gasteiger partial charge in [-0.15, -0.1) is 11.6 Å². The Hall–Kier alpha value is -2.52. The molecule has 1 aliphatic rings. The van der Waals surface area contributed by atoms with Gasteiger partial charge in [0.25, 0.3) is 0 Å². The van der Waals surface area contributed by atoms with E-state index in [0.717, 1.165) is 16.3 Å². The SMILES string of the molecule is C1=CCCCC1.O=C(O)C(CCCCl)(c1ccccc1)n1cc2ccccc2c1. The maximum absolute atomic E-state index is 12.3. The van der Waals surface area contributed by atoms with Gasteiger partial charge in [-0.1, -0.05) is 66.7 Å². The van der Waals surface area contributed by atoms with Gasteiger partial charge in [-0.05, 0) is 54.9 Å². The fourth-order valence-electron chi connectivity index (χ4n) is 3.86. The highest BCUT2D eigenvalue weighted by Gasteiger charge is 2.41. The van der Waals surface area contributed by atoms with Crippen LogP contribution in [0, 0.1) is 0 Å². The number of nitrogens with zero attached hydrogens (tertiary/aromatic N) is 1. The van der Waals surface area contributed by atoms with Crippen LogP contribution < -0.4 is 0 Å². The van der Waals surface area contributed by atoms with Gasteiger partial charge >= 0.3 is 5.97 Å². The second kappa shape index (κ2) is 10.3. The highest BCUT2D eigenvalue weighted by molar-refractivity contribution is 6.17. The predicted molar refractivity (Wildman–Crippen MR) is 121 cm³/mol. The summed E-state index contributed by atoms with van der Waals surface area (Å²) in [5, 5.41) is 12.2. The lowest BCUT2D eigenvalue weighted by atomic mass is 9.85. The Morgan fingerprint density at radius 1 is 0.931 bits per heavy atom. The van der Waals surface area contributed by atoms with Crippen molar-refractivity contribution in [2.45, 2.75) is 44.1 Å². The Morgan fingerprint density at radius 3 is 1.93 bits per heavy atom. The van der Waals surface area contributed by atoms with Gasteiger partial charge < -0.3 is 9.67 Å².